The third-order valence-electron chi connectivity index (χ3n) is 9.10. The van der Waals surface area contributed by atoms with Crippen LogP contribution in [0.4, 0.5) is 17.1 Å². The van der Waals surface area contributed by atoms with Gasteiger partial charge in [0.2, 0.25) is 5.89 Å². The molecule has 0 radical (unpaired) electrons. The summed E-state index contributed by atoms with van der Waals surface area (Å²) < 4.78 is 19.6. The van der Waals surface area contributed by atoms with Crippen LogP contribution in [0.25, 0.3) is 77.6 Å². The van der Waals surface area contributed by atoms with Gasteiger partial charge < -0.3 is 18.2 Å². The predicted molar refractivity (Wildman–Crippen MR) is 194 cm³/mol. The Hall–Kier alpha value is -6.59. The first-order valence-corrected chi connectivity index (χ1v) is 16.0. The molecule has 226 valence electrons. The molecule has 0 saturated carbocycles. The van der Waals surface area contributed by atoms with Crippen LogP contribution in [0.3, 0.4) is 0 Å². The summed E-state index contributed by atoms with van der Waals surface area (Å²) in [6.07, 6.45) is 0. The average molecular weight is 619 g/mol. The van der Waals surface area contributed by atoms with E-state index < -0.39 is 0 Å². The van der Waals surface area contributed by atoms with E-state index in [0.717, 1.165) is 83.1 Å². The standard InChI is InChI=1S/C43H26N2O3/c1-3-13-27(14-4-1)30-17-7-10-20-34(30)45(29-23-24-32-31-18-8-11-21-36(31)46-38(32)25-29)35-26-39-40(33-19-9-12-22-37(33)47-39)42-41(35)44-43(48-42)28-15-5-2-6-16-28/h1-26H. The number of fused-ring (bicyclic) bond motifs is 8. The minimum atomic E-state index is 0.550. The zero-order chi connectivity index (χ0) is 31.6. The van der Waals surface area contributed by atoms with Gasteiger partial charge in [-0.15, -0.1) is 0 Å². The van der Waals surface area contributed by atoms with E-state index in [0.29, 0.717) is 11.5 Å². The van der Waals surface area contributed by atoms with Gasteiger partial charge >= 0.3 is 0 Å². The smallest absolute Gasteiger partial charge is 0.227 e. The molecule has 5 nitrogen and oxygen atoms in total. The molecule has 0 unspecified atom stereocenters. The lowest BCUT2D eigenvalue weighted by molar-refractivity contribution is 0.622. The van der Waals surface area contributed by atoms with E-state index in [1.54, 1.807) is 0 Å². The van der Waals surface area contributed by atoms with Crippen molar-refractivity contribution >= 4 is 72.0 Å². The van der Waals surface area contributed by atoms with Crippen molar-refractivity contribution in [3.05, 3.63) is 158 Å². The monoisotopic (exact) mass is 618 g/mol. The second-order valence-electron chi connectivity index (χ2n) is 11.9. The lowest BCUT2D eigenvalue weighted by Gasteiger charge is -2.28. The highest BCUT2D eigenvalue weighted by Gasteiger charge is 2.26. The average Bonchev–Trinajstić information content (AvgIpc) is 3.86. The van der Waals surface area contributed by atoms with E-state index in [-0.39, 0.29) is 0 Å². The highest BCUT2D eigenvalue weighted by molar-refractivity contribution is 6.20. The molecule has 5 heteroatoms. The van der Waals surface area contributed by atoms with Crippen molar-refractivity contribution in [1.82, 2.24) is 4.98 Å². The molecule has 3 aromatic heterocycles. The SMILES string of the molecule is c1ccc(-c2nc3c(N(c4ccc5c(c4)oc4ccccc45)c4ccccc4-c4ccccc4)cc4oc5ccccc5c4c3o2)cc1. The number of para-hydroxylation sites is 3. The molecule has 10 rings (SSSR count). The number of anilines is 3. The summed E-state index contributed by atoms with van der Waals surface area (Å²) in [5, 5.41) is 4.05. The Morgan fingerprint density at radius 3 is 1.88 bits per heavy atom. The Bertz CT molecular complexity index is 2790. The minimum Gasteiger partial charge on any atom is -0.456 e. The topological polar surface area (TPSA) is 55.6 Å². The molecular weight excluding hydrogens is 592 g/mol. The fraction of sp³-hybridized carbons (Fsp3) is 0. The molecule has 0 saturated heterocycles. The van der Waals surface area contributed by atoms with Crippen LogP contribution >= 0.6 is 0 Å². The maximum absolute atomic E-state index is 6.71. The first-order valence-electron chi connectivity index (χ1n) is 16.0. The van der Waals surface area contributed by atoms with Crippen LogP contribution in [0, 0.1) is 0 Å². The van der Waals surface area contributed by atoms with Gasteiger partial charge in [-0.05, 0) is 48.0 Å². The molecule has 0 bridgehead atoms. The van der Waals surface area contributed by atoms with Gasteiger partial charge in [0.15, 0.2) is 5.58 Å². The number of benzene rings is 7. The molecule has 0 spiro atoms. The third kappa shape index (κ3) is 4.08. The van der Waals surface area contributed by atoms with Crippen LogP contribution in [0.2, 0.25) is 0 Å². The van der Waals surface area contributed by atoms with Crippen LogP contribution in [0.1, 0.15) is 0 Å². The first kappa shape index (κ1) is 26.6. The van der Waals surface area contributed by atoms with E-state index in [2.05, 4.69) is 89.8 Å². The molecule has 0 aliphatic carbocycles. The van der Waals surface area contributed by atoms with Crippen molar-refractivity contribution in [1.29, 1.82) is 0 Å². The van der Waals surface area contributed by atoms with Crippen LogP contribution in [-0.2, 0) is 0 Å². The van der Waals surface area contributed by atoms with Crippen LogP contribution in [-0.4, -0.2) is 4.98 Å². The van der Waals surface area contributed by atoms with Gasteiger partial charge in [0, 0.05) is 45.1 Å². The lowest BCUT2D eigenvalue weighted by Crippen LogP contribution is -2.12. The maximum atomic E-state index is 6.71. The van der Waals surface area contributed by atoms with Crippen LogP contribution < -0.4 is 4.90 Å². The normalized spacial score (nSPS) is 11.8. The molecule has 0 fully saturated rings. The summed E-state index contributed by atoms with van der Waals surface area (Å²) in [5.74, 6) is 0.550. The van der Waals surface area contributed by atoms with Crippen LogP contribution in [0.15, 0.2) is 171 Å². The summed E-state index contributed by atoms with van der Waals surface area (Å²) in [6, 6.07) is 53.7. The number of aromatic nitrogens is 1. The molecule has 3 heterocycles. The fourth-order valence-electron chi connectivity index (χ4n) is 6.92. The highest BCUT2D eigenvalue weighted by Crippen LogP contribution is 2.48. The van der Waals surface area contributed by atoms with Gasteiger partial charge in [-0.3, -0.25) is 0 Å². The van der Waals surface area contributed by atoms with Crippen molar-refractivity contribution < 1.29 is 13.3 Å². The molecule has 48 heavy (non-hydrogen) atoms. The maximum Gasteiger partial charge on any atom is 0.227 e. The van der Waals surface area contributed by atoms with Crippen molar-refractivity contribution in [3.8, 4) is 22.6 Å². The van der Waals surface area contributed by atoms with E-state index >= 15 is 0 Å². The summed E-state index contributed by atoms with van der Waals surface area (Å²) in [6.45, 7) is 0. The Balaban J connectivity index is 1.32. The van der Waals surface area contributed by atoms with Gasteiger partial charge in [0.1, 0.15) is 27.8 Å². The van der Waals surface area contributed by atoms with Crippen molar-refractivity contribution in [2.45, 2.75) is 0 Å². The zero-order valence-electron chi connectivity index (χ0n) is 25.6. The highest BCUT2D eigenvalue weighted by atomic mass is 16.4. The number of oxazole rings is 1. The molecule has 10 aromatic rings. The minimum absolute atomic E-state index is 0.550. The van der Waals surface area contributed by atoms with E-state index in [1.807, 2.05) is 72.8 Å². The van der Waals surface area contributed by atoms with Crippen molar-refractivity contribution in [3.63, 3.8) is 0 Å². The zero-order valence-corrected chi connectivity index (χ0v) is 25.6. The van der Waals surface area contributed by atoms with Crippen LogP contribution in [0.5, 0.6) is 0 Å². The van der Waals surface area contributed by atoms with Gasteiger partial charge in [-0.2, -0.15) is 0 Å². The Morgan fingerprint density at radius 1 is 0.438 bits per heavy atom. The molecule has 0 N–H and O–H groups in total. The summed E-state index contributed by atoms with van der Waals surface area (Å²) in [7, 11) is 0. The van der Waals surface area contributed by atoms with E-state index in [9.17, 15) is 0 Å². The van der Waals surface area contributed by atoms with Crippen molar-refractivity contribution in [2.24, 2.45) is 0 Å². The molecular formula is C43H26N2O3. The van der Waals surface area contributed by atoms with Gasteiger partial charge in [-0.25, -0.2) is 4.98 Å². The molecule has 0 atom stereocenters. The number of nitrogens with zero attached hydrogens (tertiary/aromatic N) is 2. The number of hydrogen-bond donors (Lipinski definition) is 0. The largest absolute Gasteiger partial charge is 0.456 e. The lowest BCUT2D eigenvalue weighted by atomic mass is 10.0. The Morgan fingerprint density at radius 2 is 1.06 bits per heavy atom. The molecule has 0 aliphatic rings. The Kier molecular flexibility index (Phi) is 5.81. The molecule has 0 aliphatic heterocycles. The number of furan rings is 2. The quantitative estimate of drug-likeness (QED) is 0.192. The summed E-state index contributed by atoms with van der Waals surface area (Å²) in [5.41, 5.74) is 10.4. The fourth-order valence-corrected chi connectivity index (χ4v) is 6.92. The Labute approximate surface area is 274 Å². The predicted octanol–water partition coefficient (Wildman–Crippen LogP) is 12.4. The van der Waals surface area contributed by atoms with E-state index in [1.165, 1.54) is 0 Å². The summed E-state index contributed by atoms with van der Waals surface area (Å²) in [4.78, 5) is 7.47. The molecule has 0 amide bonds. The second kappa shape index (κ2) is 10.5. The number of hydrogen-bond acceptors (Lipinski definition) is 5. The number of rotatable bonds is 5. The van der Waals surface area contributed by atoms with Gasteiger partial charge in [0.05, 0.1) is 16.8 Å². The first-order chi connectivity index (χ1) is 23.8. The van der Waals surface area contributed by atoms with E-state index in [4.69, 9.17) is 18.2 Å². The van der Waals surface area contributed by atoms with Crippen molar-refractivity contribution in [2.75, 3.05) is 4.90 Å². The molecule has 7 aromatic carbocycles. The summed E-state index contributed by atoms with van der Waals surface area (Å²) >= 11 is 0. The third-order valence-corrected chi connectivity index (χ3v) is 9.10. The van der Waals surface area contributed by atoms with Gasteiger partial charge in [-0.1, -0.05) is 103 Å². The van der Waals surface area contributed by atoms with Gasteiger partial charge in [0.25, 0.3) is 0 Å². The second-order valence-corrected chi connectivity index (χ2v) is 11.9.